The van der Waals surface area contributed by atoms with E-state index in [0.717, 1.165) is 23.1 Å². The van der Waals surface area contributed by atoms with Crippen molar-refractivity contribution in [2.45, 2.75) is 62.6 Å². The lowest BCUT2D eigenvalue weighted by molar-refractivity contribution is 0.165. The van der Waals surface area contributed by atoms with Crippen LogP contribution in [0.3, 0.4) is 0 Å². The molecule has 1 aromatic rings. The van der Waals surface area contributed by atoms with Gasteiger partial charge in [0.05, 0.1) is 0 Å². The topological polar surface area (TPSA) is 15.3 Å². The molecule has 1 heterocycles. The molecule has 2 aliphatic carbocycles. The highest BCUT2D eigenvalue weighted by Crippen LogP contribution is 2.38. The Hall–Kier alpha value is -0.570. The highest BCUT2D eigenvalue weighted by Gasteiger charge is 2.35. The zero-order chi connectivity index (χ0) is 14.2. The van der Waals surface area contributed by atoms with E-state index < -0.39 is 0 Å². The van der Waals surface area contributed by atoms with E-state index in [9.17, 15) is 0 Å². The summed E-state index contributed by atoms with van der Waals surface area (Å²) in [5.74, 6) is 0.716. The van der Waals surface area contributed by atoms with Crippen LogP contribution in [0.15, 0.2) is 24.3 Å². The van der Waals surface area contributed by atoms with Crippen LogP contribution in [0.1, 0.15) is 50.0 Å². The SMILES string of the molecule is Clc1cccc(C2CC(NC3CCN(C4CC4)CC3)C2)c1. The molecule has 3 heteroatoms. The predicted octanol–water partition coefficient (Wildman–Crippen LogP) is 3.80. The molecule has 1 aliphatic heterocycles. The molecule has 114 valence electrons. The molecule has 21 heavy (non-hydrogen) atoms. The average molecular weight is 305 g/mol. The lowest BCUT2D eigenvalue weighted by atomic mass is 9.75. The summed E-state index contributed by atoms with van der Waals surface area (Å²) in [5, 5.41) is 4.76. The van der Waals surface area contributed by atoms with Crippen LogP contribution in [0, 0.1) is 0 Å². The quantitative estimate of drug-likeness (QED) is 0.910. The first kappa shape index (κ1) is 14.0. The minimum atomic E-state index is 0.716. The number of rotatable bonds is 4. The molecule has 1 N–H and O–H groups in total. The van der Waals surface area contributed by atoms with Gasteiger partial charge in [0.15, 0.2) is 0 Å². The van der Waals surface area contributed by atoms with Gasteiger partial charge in [-0.1, -0.05) is 23.7 Å². The second kappa shape index (κ2) is 5.91. The van der Waals surface area contributed by atoms with E-state index in [1.54, 1.807) is 0 Å². The van der Waals surface area contributed by atoms with E-state index in [-0.39, 0.29) is 0 Å². The van der Waals surface area contributed by atoms with E-state index in [0.29, 0.717) is 5.92 Å². The lowest BCUT2D eigenvalue weighted by Gasteiger charge is -2.41. The molecule has 0 unspecified atom stereocenters. The third kappa shape index (κ3) is 3.28. The van der Waals surface area contributed by atoms with Gasteiger partial charge in [-0.25, -0.2) is 0 Å². The molecule has 2 saturated carbocycles. The molecule has 0 bridgehead atoms. The Morgan fingerprint density at radius 2 is 1.76 bits per heavy atom. The van der Waals surface area contributed by atoms with Crippen LogP contribution in [0.4, 0.5) is 0 Å². The summed E-state index contributed by atoms with van der Waals surface area (Å²) in [6.07, 6.45) is 8.14. The molecular formula is C18H25ClN2. The van der Waals surface area contributed by atoms with Gasteiger partial charge in [-0.2, -0.15) is 0 Å². The Kier molecular flexibility index (Phi) is 3.95. The van der Waals surface area contributed by atoms with Crippen molar-refractivity contribution in [3.8, 4) is 0 Å². The van der Waals surface area contributed by atoms with Crippen molar-refractivity contribution < 1.29 is 0 Å². The fraction of sp³-hybridized carbons (Fsp3) is 0.667. The maximum Gasteiger partial charge on any atom is 0.0408 e. The second-order valence-corrected chi connectivity index (χ2v) is 7.56. The molecule has 3 aliphatic rings. The van der Waals surface area contributed by atoms with Crippen LogP contribution in [0.5, 0.6) is 0 Å². The largest absolute Gasteiger partial charge is 0.311 e. The zero-order valence-corrected chi connectivity index (χ0v) is 13.4. The summed E-state index contributed by atoms with van der Waals surface area (Å²) in [5.41, 5.74) is 1.42. The number of hydrogen-bond acceptors (Lipinski definition) is 2. The molecule has 3 fully saturated rings. The van der Waals surface area contributed by atoms with Crippen LogP contribution in [-0.2, 0) is 0 Å². The lowest BCUT2D eigenvalue weighted by Crippen LogP contribution is -2.50. The summed E-state index contributed by atoms with van der Waals surface area (Å²) in [4.78, 5) is 2.70. The summed E-state index contributed by atoms with van der Waals surface area (Å²) < 4.78 is 0. The molecule has 0 aromatic heterocycles. The third-order valence-corrected chi connectivity index (χ3v) is 5.76. The van der Waals surface area contributed by atoms with Crippen molar-refractivity contribution in [2.24, 2.45) is 0 Å². The normalized spacial score (nSPS) is 31.1. The summed E-state index contributed by atoms with van der Waals surface area (Å²) in [6, 6.07) is 10.8. The molecule has 0 spiro atoms. The number of benzene rings is 1. The Morgan fingerprint density at radius 1 is 1.00 bits per heavy atom. The van der Waals surface area contributed by atoms with Crippen LogP contribution in [0.25, 0.3) is 0 Å². The molecule has 0 radical (unpaired) electrons. The second-order valence-electron chi connectivity index (χ2n) is 7.13. The van der Waals surface area contributed by atoms with Gasteiger partial charge in [0.25, 0.3) is 0 Å². The monoisotopic (exact) mass is 304 g/mol. The van der Waals surface area contributed by atoms with Gasteiger partial charge in [-0.3, -0.25) is 0 Å². The number of hydrogen-bond donors (Lipinski definition) is 1. The van der Waals surface area contributed by atoms with Crippen LogP contribution in [-0.4, -0.2) is 36.1 Å². The fourth-order valence-electron chi connectivity index (χ4n) is 3.99. The molecule has 0 atom stereocenters. The Balaban J connectivity index is 1.22. The van der Waals surface area contributed by atoms with Gasteiger partial charge in [-0.05, 0) is 75.2 Å². The van der Waals surface area contributed by atoms with Gasteiger partial charge in [0.1, 0.15) is 0 Å². The first-order valence-corrected chi connectivity index (χ1v) is 8.91. The fourth-order valence-corrected chi connectivity index (χ4v) is 4.19. The highest BCUT2D eigenvalue weighted by molar-refractivity contribution is 6.30. The van der Waals surface area contributed by atoms with E-state index >= 15 is 0 Å². The third-order valence-electron chi connectivity index (χ3n) is 5.52. The first-order valence-electron chi connectivity index (χ1n) is 8.53. The average Bonchev–Trinajstić information content (AvgIpc) is 3.27. The van der Waals surface area contributed by atoms with Gasteiger partial charge >= 0.3 is 0 Å². The maximum absolute atomic E-state index is 6.09. The van der Waals surface area contributed by atoms with Crippen molar-refractivity contribution in [1.82, 2.24) is 10.2 Å². The van der Waals surface area contributed by atoms with Crippen molar-refractivity contribution >= 4 is 11.6 Å². The number of piperidine rings is 1. The summed E-state index contributed by atoms with van der Waals surface area (Å²) in [6.45, 7) is 2.62. The van der Waals surface area contributed by atoms with Gasteiger partial charge in [0, 0.05) is 23.1 Å². The number of likely N-dealkylation sites (tertiary alicyclic amines) is 1. The predicted molar refractivity (Wildman–Crippen MR) is 88.0 cm³/mol. The maximum atomic E-state index is 6.09. The number of nitrogens with zero attached hydrogens (tertiary/aromatic N) is 1. The molecule has 2 nitrogen and oxygen atoms in total. The number of nitrogens with one attached hydrogen (secondary N) is 1. The van der Waals surface area contributed by atoms with Crippen LogP contribution in [0.2, 0.25) is 5.02 Å². The molecule has 1 aromatic carbocycles. The molecule has 4 rings (SSSR count). The molecular weight excluding hydrogens is 280 g/mol. The Labute approximate surface area is 132 Å². The smallest absolute Gasteiger partial charge is 0.0408 e. The molecule has 1 saturated heterocycles. The number of halogens is 1. The highest BCUT2D eigenvalue weighted by atomic mass is 35.5. The van der Waals surface area contributed by atoms with E-state index in [4.69, 9.17) is 11.6 Å². The van der Waals surface area contributed by atoms with E-state index in [1.165, 1.54) is 57.2 Å². The zero-order valence-electron chi connectivity index (χ0n) is 12.6. The Morgan fingerprint density at radius 3 is 2.43 bits per heavy atom. The van der Waals surface area contributed by atoms with Gasteiger partial charge < -0.3 is 10.2 Å². The first-order chi connectivity index (χ1) is 10.3. The van der Waals surface area contributed by atoms with Crippen LogP contribution >= 0.6 is 11.6 Å². The molecule has 0 amide bonds. The van der Waals surface area contributed by atoms with Crippen molar-refractivity contribution in [3.63, 3.8) is 0 Å². The van der Waals surface area contributed by atoms with Crippen molar-refractivity contribution in [1.29, 1.82) is 0 Å². The summed E-state index contributed by atoms with van der Waals surface area (Å²) >= 11 is 6.09. The van der Waals surface area contributed by atoms with Gasteiger partial charge in [-0.15, -0.1) is 0 Å². The Bertz CT molecular complexity index is 486. The van der Waals surface area contributed by atoms with E-state index in [1.807, 2.05) is 6.07 Å². The van der Waals surface area contributed by atoms with Crippen molar-refractivity contribution in [3.05, 3.63) is 34.9 Å². The van der Waals surface area contributed by atoms with Crippen LogP contribution < -0.4 is 5.32 Å². The van der Waals surface area contributed by atoms with E-state index in [2.05, 4.69) is 28.4 Å². The van der Waals surface area contributed by atoms with Gasteiger partial charge in [0.2, 0.25) is 0 Å². The summed E-state index contributed by atoms with van der Waals surface area (Å²) in [7, 11) is 0. The standard InChI is InChI=1S/C18H25ClN2/c19-15-3-1-2-13(10-15)14-11-17(12-14)20-16-6-8-21(9-7-16)18-4-5-18/h1-3,10,14,16-18,20H,4-9,11-12H2. The van der Waals surface area contributed by atoms with Crippen molar-refractivity contribution in [2.75, 3.05) is 13.1 Å². The minimum Gasteiger partial charge on any atom is -0.311 e. The minimum absolute atomic E-state index is 0.716.